The van der Waals surface area contributed by atoms with E-state index in [-0.39, 0.29) is 5.69 Å². The van der Waals surface area contributed by atoms with Crippen LogP contribution in [-0.2, 0) is 13.2 Å². The molecule has 1 aromatic rings. The number of hydrogen-bond acceptors (Lipinski definition) is 3. The molecule has 0 aliphatic heterocycles. The van der Waals surface area contributed by atoms with Crippen LogP contribution in [0, 0.1) is 17.0 Å². The van der Waals surface area contributed by atoms with Crippen LogP contribution in [0.3, 0.4) is 0 Å². The molecule has 1 rings (SSSR count). The van der Waals surface area contributed by atoms with Crippen LogP contribution in [0.25, 0.3) is 0 Å². The SMILES string of the molecule is Cc1nn(C)c(C(F)(F)F)c1[N+](=O)[O-]. The molecule has 0 fully saturated rings. The lowest BCUT2D eigenvalue weighted by Crippen LogP contribution is -2.13. The summed E-state index contributed by atoms with van der Waals surface area (Å²) in [6, 6.07) is 0. The van der Waals surface area contributed by atoms with Crippen molar-refractivity contribution in [2.75, 3.05) is 0 Å². The van der Waals surface area contributed by atoms with E-state index in [1.54, 1.807) is 0 Å². The summed E-state index contributed by atoms with van der Waals surface area (Å²) in [6.07, 6.45) is -4.77. The Balaban J connectivity index is 3.48. The molecule has 0 saturated heterocycles. The number of nitro groups is 1. The quantitative estimate of drug-likeness (QED) is 0.521. The van der Waals surface area contributed by atoms with E-state index in [1.807, 2.05) is 0 Å². The Morgan fingerprint density at radius 2 is 2.00 bits per heavy atom. The fourth-order valence-corrected chi connectivity index (χ4v) is 1.18. The first-order valence-corrected chi connectivity index (χ1v) is 3.50. The fraction of sp³-hybridized carbons (Fsp3) is 0.500. The van der Waals surface area contributed by atoms with Gasteiger partial charge in [-0.1, -0.05) is 0 Å². The molecule has 8 heteroatoms. The van der Waals surface area contributed by atoms with Crippen LogP contribution >= 0.6 is 0 Å². The highest BCUT2D eigenvalue weighted by atomic mass is 19.4. The van der Waals surface area contributed by atoms with E-state index in [9.17, 15) is 23.3 Å². The smallest absolute Gasteiger partial charge is 0.258 e. The Labute approximate surface area is 76.3 Å². The third-order valence-corrected chi connectivity index (χ3v) is 1.64. The summed E-state index contributed by atoms with van der Waals surface area (Å²) in [5.74, 6) is 0. The Kier molecular flexibility index (Phi) is 2.22. The van der Waals surface area contributed by atoms with Gasteiger partial charge in [0.1, 0.15) is 5.69 Å². The van der Waals surface area contributed by atoms with E-state index >= 15 is 0 Å². The van der Waals surface area contributed by atoms with Crippen molar-refractivity contribution in [1.29, 1.82) is 0 Å². The van der Waals surface area contributed by atoms with E-state index in [1.165, 1.54) is 0 Å². The highest BCUT2D eigenvalue weighted by molar-refractivity contribution is 5.42. The first kappa shape index (κ1) is 10.5. The lowest BCUT2D eigenvalue weighted by molar-refractivity contribution is -0.388. The molecule has 78 valence electrons. The lowest BCUT2D eigenvalue weighted by Gasteiger charge is -2.04. The average Bonchev–Trinajstić information content (AvgIpc) is 2.23. The lowest BCUT2D eigenvalue weighted by atomic mass is 10.3. The van der Waals surface area contributed by atoms with Gasteiger partial charge in [0, 0.05) is 7.05 Å². The van der Waals surface area contributed by atoms with Crippen molar-refractivity contribution in [2.24, 2.45) is 7.05 Å². The minimum atomic E-state index is -4.77. The Bertz CT molecular complexity index is 382. The highest BCUT2D eigenvalue weighted by Gasteiger charge is 2.43. The third-order valence-electron chi connectivity index (χ3n) is 1.64. The number of hydrogen-bond donors (Lipinski definition) is 0. The maximum atomic E-state index is 12.3. The third kappa shape index (κ3) is 1.54. The summed E-state index contributed by atoms with van der Waals surface area (Å²) in [4.78, 5) is 9.28. The van der Waals surface area contributed by atoms with Crippen molar-refractivity contribution >= 4 is 5.69 Å². The molecule has 0 aromatic carbocycles. The van der Waals surface area contributed by atoms with Gasteiger partial charge in [-0.05, 0) is 6.92 Å². The van der Waals surface area contributed by atoms with Crippen LogP contribution in [0.15, 0.2) is 0 Å². The second-order valence-corrected chi connectivity index (χ2v) is 2.66. The van der Waals surface area contributed by atoms with E-state index in [0.717, 1.165) is 14.0 Å². The van der Waals surface area contributed by atoms with Crippen molar-refractivity contribution < 1.29 is 18.1 Å². The zero-order valence-electron chi connectivity index (χ0n) is 7.29. The molecule has 0 atom stereocenters. The summed E-state index contributed by atoms with van der Waals surface area (Å²) in [5.41, 5.74) is -2.56. The topological polar surface area (TPSA) is 61.0 Å². The summed E-state index contributed by atoms with van der Waals surface area (Å²) < 4.78 is 37.4. The largest absolute Gasteiger partial charge is 0.439 e. The number of aryl methyl sites for hydroxylation is 2. The zero-order chi connectivity index (χ0) is 11.1. The number of nitrogens with zero attached hydrogens (tertiary/aromatic N) is 3. The Morgan fingerprint density at radius 3 is 2.29 bits per heavy atom. The van der Waals surface area contributed by atoms with Crippen LogP contribution in [0.4, 0.5) is 18.9 Å². The molecule has 0 amide bonds. The molecule has 14 heavy (non-hydrogen) atoms. The molecular formula is C6H6F3N3O2. The monoisotopic (exact) mass is 209 g/mol. The summed E-state index contributed by atoms with van der Waals surface area (Å²) in [6.45, 7) is 1.16. The number of halogens is 3. The van der Waals surface area contributed by atoms with Gasteiger partial charge in [-0.25, -0.2) is 0 Å². The fourth-order valence-electron chi connectivity index (χ4n) is 1.18. The van der Waals surface area contributed by atoms with E-state index in [2.05, 4.69) is 5.10 Å². The molecule has 0 N–H and O–H groups in total. The Morgan fingerprint density at radius 1 is 1.50 bits per heavy atom. The van der Waals surface area contributed by atoms with Crippen LogP contribution in [0.2, 0.25) is 0 Å². The molecule has 0 bridgehead atoms. The summed E-state index contributed by atoms with van der Waals surface area (Å²) in [5, 5.41) is 13.7. The van der Waals surface area contributed by atoms with Crippen molar-refractivity contribution in [2.45, 2.75) is 13.1 Å². The predicted octanol–water partition coefficient (Wildman–Crippen LogP) is 1.66. The van der Waals surface area contributed by atoms with Crippen molar-refractivity contribution in [3.63, 3.8) is 0 Å². The standard InChI is InChI=1S/C6H6F3N3O2/c1-3-4(12(13)14)5(6(7,8)9)11(2)10-3/h1-2H3. The molecular weight excluding hydrogens is 203 g/mol. The number of alkyl halides is 3. The molecule has 0 unspecified atom stereocenters. The summed E-state index contributed by atoms with van der Waals surface area (Å²) in [7, 11) is 1.02. The van der Waals surface area contributed by atoms with Crippen LogP contribution in [0.5, 0.6) is 0 Å². The minimum absolute atomic E-state index is 0.246. The first-order chi connectivity index (χ1) is 6.25. The maximum Gasteiger partial charge on any atom is 0.439 e. The van der Waals surface area contributed by atoms with Crippen LogP contribution in [-0.4, -0.2) is 14.7 Å². The predicted molar refractivity (Wildman–Crippen MR) is 39.6 cm³/mol. The summed E-state index contributed by atoms with van der Waals surface area (Å²) >= 11 is 0. The molecule has 0 saturated carbocycles. The van der Waals surface area contributed by atoms with Gasteiger partial charge in [0.15, 0.2) is 0 Å². The molecule has 1 heterocycles. The van der Waals surface area contributed by atoms with Crippen LogP contribution in [0.1, 0.15) is 11.4 Å². The molecule has 0 aliphatic carbocycles. The van der Waals surface area contributed by atoms with E-state index in [4.69, 9.17) is 0 Å². The van der Waals surface area contributed by atoms with Crippen molar-refractivity contribution in [3.05, 3.63) is 21.5 Å². The van der Waals surface area contributed by atoms with Gasteiger partial charge >= 0.3 is 11.9 Å². The van der Waals surface area contributed by atoms with E-state index < -0.39 is 22.5 Å². The van der Waals surface area contributed by atoms with Gasteiger partial charge in [0.2, 0.25) is 5.69 Å². The highest BCUT2D eigenvalue weighted by Crippen LogP contribution is 2.37. The van der Waals surface area contributed by atoms with E-state index in [0.29, 0.717) is 4.68 Å². The second-order valence-electron chi connectivity index (χ2n) is 2.66. The molecule has 0 spiro atoms. The number of aromatic nitrogens is 2. The minimum Gasteiger partial charge on any atom is -0.258 e. The molecule has 0 radical (unpaired) electrons. The van der Waals surface area contributed by atoms with Gasteiger partial charge in [0.25, 0.3) is 0 Å². The van der Waals surface area contributed by atoms with Gasteiger partial charge in [-0.3, -0.25) is 14.8 Å². The van der Waals surface area contributed by atoms with Crippen molar-refractivity contribution in [3.8, 4) is 0 Å². The first-order valence-electron chi connectivity index (χ1n) is 3.50. The molecule has 1 aromatic heterocycles. The Hall–Kier alpha value is -1.60. The zero-order valence-corrected chi connectivity index (χ0v) is 7.29. The van der Waals surface area contributed by atoms with Crippen LogP contribution < -0.4 is 0 Å². The second kappa shape index (κ2) is 2.96. The maximum absolute atomic E-state index is 12.3. The van der Waals surface area contributed by atoms with Gasteiger partial charge in [0.05, 0.1) is 4.92 Å². The number of rotatable bonds is 1. The molecule has 0 aliphatic rings. The van der Waals surface area contributed by atoms with Gasteiger partial charge in [-0.15, -0.1) is 0 Å². The van der Waals surface area contributed by atoms with Gasteiger partial charge in [-0.2, -0.15) is 18.3 Å². The average molecular weight is 209 g/mol. The van der Waals surface area contributed by atoms with Gasteiger partial charge < -0.3 is 0 Å². The molecule has 5 nitrogen and oxygen atoms in total. The normalized spacial score (nSPS) is 11.8. The van der Waals surface area contributed by atoms with Crippen molar-refractivity contribution in [1.82, 2.24) is 9.78 Å².